The Morgan fingerprint density at radius 2 is 1.88 bits per heavy atom. The van der Waals surface area contributed by atoms with Gasteiger partial charge in [0.15, 0.2) is 6.29 Å². The molecular formula is C34H38N4O3. The van der Waals surface area contributed by atoms with Gasteiger partial charge in [0.2, 0.25) is 0 Å². The number of ether oxygens (including phenoxy) is 2. The monoisotopic (exact) mass is 550 g/mol. The van der Waals surface area contributed by atoms with Crippen LogP contribution in [0.2, 0.25) is 0 Å². The summed E-state index contributed by atoms with van der Waals surface area (Å²) in [6.45, 7) is 11.3. The molecule has 4 aromatic rings. The van der Waals surface area contributed by atoms with E-state index in [2.05, 4.69) is 66.5 Å². The predicted octanol–water partition coefficient (Wildman–Crippen LogP) is 7.56. The number of anilines is 2. The molecule has 41 heavy (non-hydrogen) atoms. The van der Waals surface area contributed by atoms with E-state index in [9.17, 15) is 4.79 Å². The highest BCUT2D eigenvalue weighted by Gasteiger charge is 2.18. The second-order valence-corrected chi connectivity index (χ2v) is 11.5. The summed E-state index contributed by atoms with van der Waals surface area (Å²) in [7, 11) is 0. The molecule has 2 unspecified atom stereocenters. The molecule has 2 N–H and O–H groups in total. The number of urea groups is 1. The Hall–Kier alpha value is -4.12. The van der Waals surface area contributed by atoms with Gasteiger partial charge >= 0.3 is 6.03 Å². The molecular weight excluding hydrogens is 512 g/mol. The number of aryl methyl sites for hydroxylation is 1. The molecule has 7 heteroatoms. The van der Waals surface area contributed by atoms with Crippen LogP contribution in [0.15, 0.2) is 66.9 Å². The van der Waals surface area contributed by atoms with Crippen LogP contribution in [0.1, 0.15) is 63.6 Å². The number of rotatable bonds is 5. The van der Waals surface area contributed by atoms with E-state index in [1.807, 2.05) is 50.2 Å². The molecule has 1 aromatic heterocycles. The number of fused-ring (bicyclic) bond motifs is 1. The molecule has 2 heterocycles. The van der Waals surface area contributed by atoms with Gasteiger partial charge in [-0.2, -0.15) is 5.10 Å². The van der Waals surface area contributed by atoms with Crippen molar-refractivity contribution in [3.63, 3.8) is 0 Å². The lowest BCUT2D eigenvalue weighted by Gasteiger charge is -2.24. The van der Waals surface area contributed by atoms with Crippen LogP contribution >= 0.6 is 0 Å². The van der Waals surface area contributed by atoms with E-state index in [-0.39, 0.29) is 23.8 Å². The van der Waals surface area contributed by atoms with Crippen molar-refractivity contribution in [2.45, 2.75) is 71.7 Å². The maximum Gasteiger partial charge on any atom is 0.324 e. The molecule has 1 aliphatic heterocycles. The van der Waals surface area contributed by atoms with Gasteiger partial charge in [0, 0.05) is 23.6 Å². The van der Waals surface area contributed by atoms with Gasteiger partial charge in [0.05, 0.1) is 17.6 Å². The number of hydrogen-bond acceptors (Lipinski definition) is 4. The maximum atomic E-state index is 13.2. The van der Waals surface area contributed by atoms with E-state index in [1.165, 1.54) is 5.56 Å². The quantitative estimate of drug-likeness (QED) is 0.251. The van der Waals surface area contributed by atoms with E-state index < -0.39 is 0 Å². The van der Waals surface area contributed by atoms with Crippen molar-refractivity contribution in [2.75, 3.05) is 17.2 Å². The minimum atomic E-state index is -0.352. The number of aromatic nitrogens is 2. The fourth-order valence-electron chi connectivity index (χ4n) is 4.94. The Bertz CT molecular complexity index is 1600. The van der Waals surface area contributed by atoms with E-state index in [4.69, 9.17) is 9.47 Å². The first kappa shape index (κ1) is 28.4. The third kappa shape index (κ3) is 6.79. The van der Waals surface area contributed by atoms with Crippen LogP contribution in [-0.2, 0) is 14.9 Å². The SMILES string of the molecule is Cc1ccc(C(C)(C)C)cc1-n1nccc1NC(=O)Nc1ccc(C#CC(C)OC2CCCCO2)c2ccccc12. The second-order valence-electron chi connectivity index (χ2n) is 11.5. The van der Waals surface area contributed by atoms with Gasteiger partial charge in [-0.05, 0) is 73.2 Å². The van der Waals surface area contributed by atoms with Crippen LogP contribution in [-0.4, -0.2) is 34.8 Å². The molecule has 2 amide bonds. The largest absolute Gasteiger partial charge is 0.353 e. The van der Waals surface area contributed by atoms with Crippen molar-refractivity contribution in [2.24, 2.45) is 0 Å². The highest BCUT2D eigenvalue weighted by Crippen LogP contribution is 2.29. The maximum absolute atomic E-state index is 13.2. The summed E-state index contributed by atoms with van der Waals surface area (Å²) in [5, 5.41) is 12.4. The first-order chi connectivity index (χ1) is 19.7. The molecule has 0 saturated carbocycles. The summed E-state index contributed by atoms with van der Waals surface area (Å²) < 4.78 is 13.4. The molecule has 0 aliphatic carbocycles. The third-order valence-electron chi connectivity index (χ3n) is 7.26. The number of nitrogens with one attached hydrogen (secondary N) is 2. The fraction of sp³-hybridized carbons (Fsp3) is 0.353. The lowest BCUT2D eigenvalue weighted by atomic mass is 9.86. The normalized spacial score (nSPS) is 16.1. The van der Waals surface area contributed by atoms with E-state index >= 15 is 0 Å². The van der Waals surface area contributed by atoms with E-state index in [1.54, 1.807) is 16.9 Å². The van der Waals surface area contributed by atoms with Crippen LogP contribution in [0.25, 0.3) is 16.5 Å². The molecule has 0 spiro atoms. The summed E-state index contributed by atoms with van der Waals surface area (Å²) in [6.07, 6.45) is 4.35. The molecule has 1 aliphatic rings. The summed E-state index contributed by atoms with van der Waals surface area (Å²) in [4.78, 5) is 13.2. The molecule has 7 nitrogen and oxygen atoms in total. The average Bonchev–Trinajstić information content (AvgIpc) is 3.40. The molecule has 1 fully saturated rings. The average molecular weight is 551 g/mol. The summed E-state index contributed by atoms with van der Waals surface area (Å²) in [5.74, 6) is 7.06. The lowest BCUT2D eigenvalue weighted by molar-refractivity contribution is -0.173. The molecule has 0 bridgehead atoms. The van der Waals surface area contributed by atoms with Crippen LogP contribution in [0.3, 0.4) is 0 Å². The minimum Gasteiger partial charge on any atom is -0.353 e. The van der Waals surface area contributed by atoms with Gasteiger partial charge < -0.3 is 14.8 Å². The number of hydrogen-bond donors (Lipinski definition) is 2. The predicted molar refractivity (Wildman–Crippen MR) is 165 cm³/mol. The number of carbonyl (C=O) groups is 1. The topological polar surface area (TPSA) is 77.4 Å². The van der Waals surface area contributed by atoms with Gasteiger partial charge in [-0.15, -0.1) is 0 Å². The van der Waals surface area contributed by atoms with E-state index in [0.717, 1.165) is 53.5 Å². The number of amides is 2. The lowest BCUT2D eigenvalue weighted by Crippen LogP contribution is -2.25. The van der Waals surface area contributed by atoms with Crippen LogP contribution in [0.4, 0.5) is 16.3 Å². The van der Waals surface area contributed by atoms with Crippen molar-refractivity contribution in [3.05, 3.63) is 83.6 Å². The van der Waals surface area contributed by atoms with Gasteiger partial charge in [-0.25, -0.2) is 9.48 Å². The Labute approximate surface area is 242 Å². The van der Waals surface area contributed by atoms with Crippen LogP contribution in [0.5, 0.6) is 0 Å². The fourth-order valence-corrected chi connectivity index (χ4v) is 4.94. The van der Waals surface area contributed by atoms with Crippen molar-refractivity contribution in [1.29, 1.82) is 0 Å². The summed E-state index contributed by atoms with van der Waals surface area (Å²) in [6, 6.07) is 19.5. The zero-order chi connectivity index (χ0) is 29.0. The van der Waals surface area contributed by atoms with Crippen molar-refractivity contribution >= 4 is 28.3 Å². The Morgan fingerprint density at radius 3 is 2.63 bits per heavy atom. The summed E-state index contributed by atoms with van der Waals surface area (Å²) in [5.41, 5.74) is 4.76. The third-order valence-corrected chi connectivity index (χ3v) is 7.26. The molecule has 0 radical (unpaired) electrons. The Balaban J connectivity index is 1.33. The van der Waals surface area contributed by atoms with Gasteiger partial charge in [0.1, 0.15) is 11.9 Å². The summed E-state index contributed by atoms with van der Waals surface area (Å²) >= 11 is 0. The molecule has 3 aromatic carbocycles. The van der Waals surface area contributed by atoms with Crippen molar-refractivity contribution in [1.82, 2.24) is 9.78 Å². The first-order valence-electron chi connectivity index (χ1n) is 14.2. The zero-order valence-electron chi connectivity index (χ0n) is 24.5. The van der Waals surface area contributed by atoms with Crippen molar-refractivity contribution in [3.8, 4) is 17.5 Å². The molecule has 5 rings (SSSR count). The minimum absolute atomic E-state index is 0.00691. The second kappa shape index (κ2) is 12.2. The smallest absolute Gasteiger partial charge is 0.324 e. The van der Waals surface area contributed by atoms with Gasteiger partial charge in [-0.1, -0.05) is 69.0 Å². The highest BCUT2D eigenvalue weighted by molar-refractivity contribution is 6.07. The molecule has 212 valence electrons. The standard InChI is InChI=1S/C34H38N4O3/c1-23-13-17-26(34(3,4)5)22-30(23)38-31(19-20-35-38)37-33(39)36-29-18-16-25(27-10-6-7-11-28(27)29)15-14-24(2)41-32-12-8-9-21-40-32/h6-7,10-11,13,16-20,22,24,32H,8-9,12,21H2,1-5H3,(H2,36,37,39). The van der Waals surface area contributed by atoms with Crippen LogP contribution in [0, 0.1) is 18.8 Å². The van der Waals surface area contributed by atoms with Crippen molar-refractivity contribution < 1.29 is 14.3 Å². The molecule has 2 atom stereocenters. The zero-order valence-corrected chi connectivity index (χ0v) is 24.5. The van der Waals surface area contributed by atoms with E-state index in [0.29, 0.717) is 11.5 Å². The number of carbonyl (C=O) groups excluding carboxylic acids is 1. The van der Waals surface area contributed by atoms with Gasteiger partial charge in [0.25, 0.3) is 0 Å². The molecule has 1 saturated heterocycles. The number of nitrogens with zero attached hydrogens (tertiary/aromatic N) is 2. The number of benzene rings is 3. The highest BCUT2D eigenvalue weighted by atomic mass is 16.7. The van der Waals surface area contributed by atoms with Crippen LogP contribution < -0.4 is 10.6 Å². The Kier molecular flexibility index (Phi) is 8.44. The first-order valence-corrected chi connectivity index (χ1v) is 14.2. The Morgan fingerprint density at radius 1 is 1.07 bits per heavy atom. The van der Waals surface area contributed by atoms with Gasteiger partial charge in [-0.3, -0.25) is 5.32 Å².